The summed E-state index contributed by atoms with van der Waals surface area (Å²) in [6, 6.07) is 2.25. The topological polar surface area (TPSA) is 46.5 Å². The molecular formula is C9H6BrClF2O3. The van der Waals surface area contributed by atoms with E-state index in [0.717, 1.165) is 6.07 Å². The normalized spacial score (nSPS) is 10.6. The van der Waals surface area contributed by atoms with Crippen LogP contribution in [0.5, 0.6) is 5.75 Å². The van der Waals surface area contributed by atoms with E-state index in [1.165, 1.54) is 6.07 Å². The second-order valence-electron chi connectivity index (χ2n) is 2.76. The molecule has 1 N–H and O–H groups in total. The molecule has 0 fully saturated rings. The van der Waals surface area contributed by atoms with E-state index in [4.69, 9.17) is 16.7 Å². The Kier molecular flexibility index (Phi) is 4.49. The van der Waals surface area contributed by atoms with Gasteiger partial charge in [-0.2, -0.15) is 8.78 Å². The molecular weight excluding hydrogens is 309 g/mol. The fourth-order valence-electron chi connectivity index (χ4n) is 1.09. The van der Waals surface area contributed by atoms with E-state index in [2.05, 4.69) is 20.7 Å². The largest absolute Gasteiger partial charge is 0.478 e. The van der Waals surface area contributed by atoms with Crippen LogP contribution in [0.4, 0.5) is 8.78 Å². The molecule has 0 aliphatic carbocycles. The molecule has 0 saturated heterocycles. The van der Waals surface area contributed by atoms with E-state index in [1.54, 1.807) is 0 Å². The molecule has 0 atom stereocenters. The van der Waals surface area contributed by atoms with Crippen LogP contribution >= 0.6 is 27.5 Å². The van der Waals surface area contributed by atoms with Gasteiger partial charge in [-0.1, -0.05) is 27.5 Å². The average molecular weight is 315 g/mol. The highest BCUT2D eigenvalue weighted by Crippen LogP contribution is 2.30. The van der Waals surface area contributed by atoms with Crippen LogP contribution in [0, 0.1) is 0 Å². The first kappa shape index (κ1) is 13.2. The lowest BCUT2D eigenvalue weighted by Crippen LogP contribution is -2.06. The van der Waals surface area contributed by atoms with Crippen LogP contribution in [0.15, 0.2) is 12.1 Å². The molecule has 0 aliphatic heterocycles. The third-order valence-electron chi connectivity index (χ3n) is 1.75. The van der Waals surface area contributed by atoms with Gasteiger partial charge in [0, 0.05) is 5.33 Å². The lowest BCUT2D eigenvalue weighted by Gasteiger charge is -2.10. The summed E-state index contributed by atoms with van der Waals surface area (Å²) in [4.78, 5) is 10.8. The number of carboxylic acid groups (broad SMARTS) is 1. The first-order chi connectivity index (χ1) is 7.45. The number of hydrogen-bond donors (Lipinski definition) is 1. The number of rotatable bonds is 4. The van der Waals surface area contributed by atoms with Gasteiger partial charge in [0.2, 0.25) is 0 Å². The zero-order valence-electron chi connectivity index (χ0n) is 7.71. The second-order valence-corrected chi connectivity index (χ2v) is 3.72. The molecule has 3 nitrogen and oxygen atoms in total. The highest BCUT2D eigenvalue weighted by atomic mass is 79.9. The molecule has 1 aromatic rings. The predicted molar refractivity (Wildman–Crippen MR) is 57.7 cm³/mol. The SMILES string of the molecule is O=C(O)c1cc(OC(F)F)c(Cl)cc1CBr. The molecule has 0 unspecified atom stereocenters. The van der Waals surface area contributed by atoms with E-state index >= 15 is 0 Å². The number of aromatic carboxylic acids is 1. The van der Waals surface area contributed by atoms with E-state index in [1.807, 2.05) is 0 Å². The fourth-order valence-corrected chi connectivity index (χ4v) is 1.79. The Balaban J connectivity index is 3.22. The van der Waals surface area contributed by atoms with Gasteiger partial charge in [0.05, 0.1) is 10.6 Å². The summed E-state index contributed by atoms with van der Waals surface area (Å²) in [7, 11) is 0. The van der Waals surface area contributed by atoms with Gasteiger partial charge < -0.3 is 9.84 Å². The van der Waals surface area contributed by atoms with Crippen molar-refractivity contribution >= 4 is 33.5 Å². The Bertz CT molecular complexity index is 412. The van der Waals surface area contributed by atoms with E-state index in [0.29, 0.717) is 5.56 Å². The summed E-state index contributed by atoms with van der Waals surface area (Å²) in [5.41, 5.74) is 0.260. The molecule has 0 amide bonds. The summed E-state index contributed by atoms with van der Waals surface area (Å²) < 4.78 is 28.0. The third kappa shape index (κ3) is 3.05. The molecule has 0 spiro atoms. The summed E-state index contributed by atoms with van der Waals surface area (Å²) >= 11 is 8.73. The van der Waals surface area contributed by atoms with Crippen molar-refractivity contribution in [3.63, 3.8) is 0 Å². The maximum atomic E-state index is 12.0. The molecule has 0 aromatic heterocycles. The summed E-state index contributed by atoms with van der Waals surface area (Å²) in [6.45, 7) is -3.05. The van der Waals surface area contributed by atoms with Crippen molar-refractivity contribution in [2.75, 3.05) is 0 Å². The molecule has 88 valence electrons. The van der Waals surface area contributed by atoms with Gasteiger partial charge in [-0.15, -0.1) is 0 Å². The summed E-state index contributed by atoms with van der Waals surface area (Å²) in [5, 5.41) is 9.04. The van der Waals surface area contributed by atoms with Gasteiger partial charge in [-0.25, -0.2) is 4.79 Å². The zero-order valence-corrected chi connectivity index (χ0v) is 10.1. The minimum atomic E-state index is -3.05. The maximum Gasteiger partial charge on any atom is 0.387 e. The molecule has 1 aromatic carbocycles. The Labute approximate surface area is 103 Å². The molecule has 0 radical (unpaired) electrons. The minimum Gasteiger partial charge on any atom is -0.478 e. The minimum absolute atomic E-state index is 0.0558. The molecule has 0 saturated carbocycles. The molecule has 0 heterocycles. The van der Waals surface area contributed by atoms with Crippen molar-refractivity contribution in [3.8, 4) is 5.75 Å². The Morgan fingerprint density at radius 1 is 1.56 bits per heavy atom. The second kappa shape index (κ2) is 5.45. The Morgan fingerprint density at radius 3 is 2.62 bits per heavy atom. The number of alkyl halides is 3. The molecule has 16 heavy (non-hydrogen) atoms. The number of ether oxygens (including phenoxy) is 1. The molecule has 0 aliphatic rings. The smallest absolute Gasteiger partial charge is 0.387 e. The van der Waals surface area contributed by atoms with Gasteiger partial charge in [0.15, 0.2) is 0 Å². The van der Waals surface area contributed by atoms with Crippen LogP contribution in [0.3, 0.4) is 0 Å². The lowest BCUT2D eigenvalue weighted by atomic mass is 10.1. The van der Waals surface area contributed by atoms with Gasteiger partial charge in [-0.3, -0.25) is 0 Å². The number of benzene rings is 1. The van der Waals surface area contributed by atoms with E-state index in [-0.39, 0.29) is 21.7 Å². The first-order valence-corrected chi connectivity index (χ1v) is 5.52. The Hall–Kier alpha value is -0.880. The molecule has 0 bridgehead atoms. The van der Waals surface area contributed by atoms with Crippen molar-refractivity contribution in [3.05, 3.63) is 28.3 Å². The Morgan fingerprint density at radius 2 is 2.19 bits per heavy atom. The van der Waals surface area contributed by atoms with Gasteiger partial charge in [0.25, 0.3) is 0 Å². The number of carboxylic acids is 1. The van der Waals surface area contributed by atoms with Crippen LogP contribution in [0.1, 0.15) is 15.9 Å². The van der Waals surface area contributed by atoms with Crippen LogP contribution < -0.4 is 4.74 Å². The van der Waals surface area contributed by atoms with Gasteiger partial charge in [-0.05, 0) is 17.7 Å². The molecule has 1 rings (SSSR count). The first-order valence-electron chi connectivity index (χ1n) is 4.02. The van der Waals surface area contributed by atoms with Crippen LogP contribution in [0.25, 0.3) is 0 Å². The highest BCUT2D eigenvalue weighted by molar-refractivity contribution is 9.08. The fraction of sp³-hybridized carbons (Fsp3) is 0.222. The van der Waals surface area contributed by atoms with Crippen LogP contribution in [-0.4, -0.2) is 17.7 Å². The standard InChI is InChI=1S/C9H6BrClF2O3/c10-3-4-1-6(11)7(16-9(12)13)2-5(4)8(14)15/h1-2,9H,3H2,(H,14,15). The van der Waals surface area contributed by atoms with Crippen LogP contribution in [-0.2, 0) is 5.33 Å². The van der Waals surface area contributed by atoms with E-state index < -0.39 is 12.6 Å². The number of halogens is 4. The van der Waals surface area contributed by atoms with E-state index in [9.17, 15) is 13.6 Å². The number of carbonyl (C=O) groups is 1. The lowest BCUT2D eigenvalue weighted by molar-refractivity contribution is -0.0498. The maximum absolute atomic E-state index is 12.0. The van der Waals surface area contributed by atoms with Crippen molar-refractivity contribution < 1.29 is 23.4 Å². The van der Waals surface area contributed by atoms with Gasteiger partial charge >= 0.3 is 12.6 Å². The molecule has 7 heteroatoms. The summed E-state index contributed by atoms with van der Waals surface area (Å²) in [5.74, 6) is -1.58. The zero-order chi connectivity index (χ0) is 12.3. The van der Waals surface area contributed by atoms with Gasteiger partial charge in [0.1, 0.15) is 5.75 Å². The third-order valence-corrected chi connectivity index (χ3v) is 2.65. The van der Waals surface area contributed by atoms with Crippen molar-refractivity contribution in [2.45, 2.75) is 11.9 Å². The summed E-state index contributed by atoms with van der Waals surface area (Å²) in [6.07, 6.45) is 0. The monoisotopic (exact) mass is 314 g/mol. The average Bonchev–Trinajstić information content (AvgIpc) is 2.19. The quantitative estimate of drug-likeness (QED) is 0.865. The van der Waals surface area contributed by atoms with Crippen LogP contribution in [0.2, 0.25) is 5.02 Å². The van der Waals surface area contributed by atoms with Crippen molar-refractivity contribution in [2.24, 2.45) is 0 Å². The van der Waals surface area contributed by atoms with Crippen molar-refractivity contribution in [1.29, 1.82) is 0 Å². The predicted octanol–water partition coefficient (Wildman–Crippen LogP) is 3.53. The highest BCUT2D eigenvalue weighted by Gasteiger charge is 2.16. The number of hydrogen-bond acceptors (Lipinski definition) is 2. The van der Waals surface area contributed by atoms with Crippen molar-refractivity contribution in [1.82, 2.24) is 0 Å².